The van der Waals surface area contributed by atoms with Crippen molar-refractivity contribution in [2.75, 3.05) is 20.1 Å². The summed E-state index contributed by atoms with van der Waals surface area (Å²) in [5, 5.41) is 16.1. The minimum absolute atomic E-state index is 0.149. The molecule has 40 heavy (non-hydrogen) atoms. The van der Waals surface area contributed by atoms with Crippen molar-refractivity contribution in [3.63, 3.8) is 0 Å². The SMILES string of the molecule is CC[C@@H](C)C1C(=O)N2CCC[C@H]2C2(O)O[C@@](C)(NC(=O)[C@@H]3CC4c5cccc6[nH]cc(c56)C[C@H]4N(C)C3)C(=O)N12. The number of aromatic amines is 1. The zero-order valence-electron chi connectivity index (χ0n) is 23.6. The Labute approximate surface area is 234 Å². The predicted octanol–water partition coefficient (Wildman–Crippen LogP) is 1.88. The Bertz CT molecular complexity index is 1410. The molecule has 1 aromatic heterocycles. The van der Waals surface area contributed by atoms with E-state index in [1.54, 1.807) is 4.90 Å². The Kier molecular flexibility index (Phi) is 5.70. The first-order valence-corrected chi connectivity index (χ1v) is 14.7. The van der Waals surface area contributed by atoms with Crippen molar-refractivity contribution in [2.45, 2.75) is 88.6 Å². The van der Waals surface area contributed by atoms with Crippen LogP contribution in [0.5, 0.6) is 0 Å². The second-order valence-corrected chi connectivity index (χ2v) is 12.8. The van der Waals surface area contributed by atoms with E-state index in [4.69, 9.17) is 4.74 Å². The number of ether oxygens (including phenoxy) is 1. The van der Waals surface area contributed by atoms with E-state index in [0.29, 0.717) is 38.4 Å². The number of aliphatic hydroxyl groups is 1. The van der Waals surface area contributed by atoms with Crippen LogP contribution in [0.1, 0.15) is 63.5 Å². The summed E-state index contributed by atoms with van der Waals surface area (Å²) in [6.07, 6.45) is 5.61. The highest BCUT2D eigenvalue weighted by Crippen LogP contribution is 2.48. The Balaban J connectivity index is 1.17. The standard InChI is InChI=1S/C30H39N5O5/c1-5-16(2)25-27(37)34-11-7-10-23(34)30(39)35(25)28(38)29(3,40-30)32-26(36)18-12-20-19-8-6-9-21-24(19)17(14-31-21)13-22(20)33(4)15-18/h6,8-9,14,16,18,20,22-23,25,31,39H,5,7,10-13,15H2,1-4H3,(H,32,36)/t16-,18-,20?,22-,23+,25?,29-,30?/m1/s1. The fourth-order valence-corrected chi connectivity index (χ4v) is 8.29. The number of aromatic nitrogens is 1. The van der Waals surface area contributed by atoms with Crippen LogP contribution in [0.2, 0.25) is 0 Å². The van der Waals surface area contributed by atoms with E-state index in [1.165, 1.54) is 28.3 Å². The molecule has 214 valence electrons. The third kappa shape index (κ3) is 3.42. The smallest absolute Gasteiger partial charge is 0.280 e. The molecule has 5 aliphatic rings. The number of benzene rings is 1. The van der Waals surface area contributed by atoms with Gasteiger partial charge in [-0.05, 0) is 62.8 Å². The van der Waals surface area contributed by atoms with Gasteiger partial charge in [-0.2, -0.15) is 0 Å². The van der Waals surface area contributed by atoms with E-state index in [0.717, 1.165) is 18.4 Å². The monoisotopic (exact) mass is 549 g/mol. The molecule has 5 heterocycles. The van der Waals surface area contributed by atoms with Crippen molar-refractivity contribution in [3.05, 3.63) is 35.5 Å². The van der Waals surface area contributed by atoms with Crippen LogP contribution in [0.15, 0.2) is 24.4 Å². The van der Waals surface area contributed by atoms with Crippen LogP contribution < -0.4 is 5.32 Å². The third-order valence-corrected chi connectivity index (χ3v) is 10.5. The number of fused-ring (bicyclic) bond motifs is 5. The van der Waals surface area contributed by atoms with Crippen LogP contribution in [0, 0.1) is 11.8 Å². The number of nitrogens with one attached hydrogen (secondary N) is 2. The minimum Gasteiger partial charge on any atom is -0.361 e. The van der Waals surface area contributed by atoms with Gasteiger partial charge in [0.15, 0.2) is 0 Å². The van der Waals surface area contributed by atoms with E-state index in [-0.39, 0.29) is 29.6 Å². The minimum atomic E-state index is -1.98. The van der Waals surface area contributed by atoms with Crippen molar-refractivity contribution in [3.8, 4) is 0 Å². The summed E-state index contributed by atoms with van der Waals surface area (Å²) >= 11 is 0. The normalized spacial score (nSPS) is 37.9. The fourth-order valence-electron chi connectivity index (χ4n) is 8.29. The summed E-state index contributed by atoms with van der Waals surface area (Å²) in [5.74, 6) is -3.31. The third-order valence-electron chi connectivity index (χ3n) is 10.5. The van der Waals surface area contributed by atoms with Gasteiger partial charge in [0.1, 0.15) is 12.1 Å². The van der Waals surface area contributed by atoms with Crippen molar-refractivity contribution < 1.29 is 24.2 Å². The highest BCUT2D eigenvalue weighted by Gasteiger charge is 2.70. The van der Waals surface area contributed by atoms with Gasteiger partial charge in [-0.25, -0.2) is 0 Å². The maximum absolute atomic E-state index is 14.0. The number of carbonyl (C=O) groups excluding carboxylic acids is 3. The predicted molar refractivity (Wildman–Crippen MR) is 147 cm³/mol. The van der Waals surface area contributed by atoms with E-state index in [9.17, 15) is 19.5 Å². The summed E-state index contributed by atoms with van der Waals surface area (Å²) in [5.41, 5.74) is 1.92. The summed E-state index contributed by atoms with van der Waals surface area (Å²) in [6, 6.07) is 5.13. The summed E-state index contributed by atoms with van der Waals surface area (Å²) < 4.78 is 6.21. The van der Waals surface area contributed by atoms with Crippen LogP contribution >= 0.6 is 0 Å². The average molecular weight is 550 g/mol. The zero-order valence-corrected chi connectivity index (χ0v) is 23.6. The van der Waals surface area contributed by atoms with Crippen molar-refractivity contribution in [1.82, 2.24) is 25.0 Å². The van der Waals surface area contributed by atoms with Crippen molar-refractivity contribution >= 4 is 28.6 Å². The summed E-state index contributed by atoms with van der Waals surface area (Å²) in [7, 11) is 2.06. The lowest BCUT2D eigenvalue weighted by Crippen LogP contribution is -2.72. The fraction of sp³-hybridized carbons (Fsp3) is 0.633. The zero-order chi connectivity index (χ0) is 28.1. The maximum atomic E-state index is 14.0. The first kappa shape index (κ1) is 26.0. The number of nitrogens with zero attached hydrogens (tertiary/aromatic N) is 3. The molecule has 3 amide bonds. The van der Waals surface area contributed by atoms with Crippen LogP contribution in [0.4, 0.5) is 0 Å². The van der Waals surface area contributed by atoms with Gasteiger partial charge in [-0.1, -0.05) is 32.4 Å². The van der Waals surface area contributed by atoms with Crippen molar-refractivity contribution in [2.24, 2.45) is 11.8 Å². The van der Waals surface area contributed by atoms with Crippen LogP contribution in [-0.4, -0.2) is 92.4 Å². The number of piperidine rings is 1. The molecule has 4 fully saturated rings. The highest BCUT2D eigenvalue weighted by molar-refractivity contribution is 5.97. The largest absolute Gasteiger partial charge is 0.361 e. The van der Waals surface area contributed by atoms with Gasteiger partial charge in [0.2, 0.25) is 17.5 Å². The van der Waals surface area contributed by atoms with Gasteiger partial charge in [-0.3, -0.25) is 24.0 Å². The molecule has 0 radical (unpaired) electrons. The van der Waals surface area contributed by atoms with E-state index in [1.807, 2.05) is 13.8 Å². The summed E-state index contributed by atoms with van der Waals surface area (Å²) in [6.45, 7) is 6.48. The van der Waals surface area contributed by atoms with Crippen LogP contribution in [0.25, 0.3) is 10.9 Å². The second kappa shape index (κ2) is 8.77. The molecule has 2 aromatic rings. The number of piperazine rings is 1. The lowest BCUT2D eigenvalue weighted by molar-refractivity contribution is -0.317. The maximum Gasteiger partial charge on any atom is 0.280 e. The molecule has 0 spiro atoms. The lowest BCUT2D eigenvalue weighted by atomic mass is 9.72. The van der Waals surface area contributed by atoms with Gasteiger partial charge in [-0.15, -0.1) is 0 Å². The molecule has 4 saturated heterocycles. The Morgan fingerprint density at radius 2 is 2.12 bits per heavy atom. The van der Waals surface area contributed by atoms with E-state index >= 15 is 0 Å². The average Bonchev–Trinajstić information content (AvgIpc) is 3.63. The first-order valence-electron chi connectivity index (χ1n) is 14.7. The molecule has 1 aliphatic carbocycles. The molecular weight excluding hydrogens is 510 g/mol. The van der Waals surface area contributed by atoms with Crippen LogP contribution in [0.3, 0.4) is 0 Å². The molecule has 10 heteroatoms. The molecule has 3 N–H and O–H groups in total. The highest BCUT2D eigenvalue weighted by atomic mass is 16.7. The molecule has 1 aromatic carbocycles. The number of likely N-dealkylation sites (tertiary alicyclic amines) is 1. The van der Waals surface area contributed by atoms with E-state index < -0.39 is 29.6 Å². The number of H-pyrrole nitrogens is 1. The van der Waals surface area contributed by atoms with Crippen molar-refractivity contribution in [1.29, 1.82) is 0 Å². The number of carbonyl (C=O) groups is 3. The van der Waals surface area contributed by atoms with Gasteiger partial charge in [0, 0.05) is 42.1 Å². The number of amides is 3. The molecule has 3 unspecified atom stereocenters. The molecular formula is C30H39N5O5. The topological polar surface area (TPSA) is 118 Å². The first-order chi connectivity index (χ1) is 19.1. The second-order valence-electron chi connectivity index (χ2n) is 12.8. The molecule has 0 saturated carbocycles. The number of hydrogen-bond acceptors (Lipinski definition) is 6. The Hall–Kier alpha value is -2.95. The Morgan fingerprint density at radius 3 is 2.90 bits per heavy atom. The van der Waals surface area contributed by atoms with Gasteiger partial charge in [0.05, 0.1) is 5.92 Å². The molecule has 10 nitrogen and oxygen atoms in total. The molecule has 7 rings (SSSR count). The lowest BCUT2D eigenvalue weighted by Gasteiger charge is -2.50. The van der Waals surface area contributed by atoms with Crippen LogP contribution in [-0.2, 0) is 25.5 Å². The number of hydrogen-bond donors (Lipinski definition) is 3. The Morgan fingerprint density at radius 1 is 1.32 bits per heavy atom. The van der Waals surface area contributed by atoms with E-state index in [2.05, 4.69) is 46.6 Å². The summed E-state index contributed by atoms with van der Waals surface area (Å²) in [4.78, 5) is 50.0. The van der Waals surface area contributed by atoms with Gasteiger partial charge >= 0.3 is 0 Å². The molecule has 4 aliphatic heterocycles. The number of likely N-dealkylation sites (N-methyl/N-ethyl adjacent to an activating group) is 1. The molecule has 0 bridgehead atoms. The number of rotatable bonds is 4. The molecule has 8 atom stereocenters. The van der Waals surface area contributed by atoms with Gasteiger partial charge in [0.25, 0.3) is 11.8 Å². The quantitative estimate of drug-likeness (QED) is 0.536. The van der Waals surface area contributed by atoms with Gasteiger partial charge < -0.3 is 25.2 Å².